The third-order valence-electron chi connectivity index (χ3n) is 3.20. The van der Waals surface area contributed by atoms with Gasteiger partial charge in [-0.2, -0.15) is 0 Å². The lowest BCUT2D eigenvalue weighted by atomic mass is 10.1. The molecule has 0 spiro atoms. The molecule has 0 bridgehead atoms. The van der Waals surface area contributed by atoms with Crippen molar-refractivity contribution in [1.29, 1.82) is 0 Å². The van der Waals surface area contributed by atoms with Gasteiger partial charge in [0.1, 0.15) is 0 Å². The second kappa shape index (κ2) is 6.40. The fourth-order valence-corrected chi connectivity index (χ4v) is 2.14. The summed E-state index contributed by atoms with van der Waals surface area (Å²) in [5.74, 6) is 0.419. The first-order chi connectivity index (χ1) is 9.60. The van der Waals surface area contributed by atoms with E-state index in [0.717, 1.165) is 0 Å². The van der Waals surface area contributed by atoms with Crippen molar-refractivity contribution in [1.82, 2.24) is 15.2 Å². The Bertz CT molecular complexity index is 478. The minimum absolute atomic E-state index is 0.0404. The Hall–Kier alpha value is -2.05. The average Bonchev–Trinajstić information content (AvgIpc) is 2.86. The second-order valence-corrected chi connectivity index (χ2v) is 4.68. The fourth-order valence-electron chi connectivity index (χ4n) is 2.14. The minimum atomic E-state index is -0.289. The summed E-state index contributed by atoms with van der Waals surface area (Å²) in [6.45, 7) is 5.01. The molecule has 20 heavy (non-hydrogen) atoms. The van der Waals surface area contributed by atoms with E-state index in [1.165, 1.54) is 6.20 Å². The number of nitrogens with one attached hydrogen (secondary N) is 1. The molecule has 1 aromatic heterocycles. The van der Waals surface area contributed by atoms with Crippen LogP contribution in [0.25, 0.3) is 0 Å². The highest BCUT2D eigenvalue weighted by atomic mass is 16.6. The zero-order valence-corrected chi connectivity index (χ0v) is 11.7. The third kappa shape index (κ3) is 3.49. The number of aryl methyl sites for hydroxylation is 1. The van der Waals surface area contributed by atoms with Crippen LogP contribution in [0.5, 0.6) is 0 Å². The molecular formula is C13H19N3O4. The summed E-state index contributed by atoms with van der Waals surface area (Å²) in [6.07, 6.45) is 2.54. The largest absolute Gasteiger partial charge is 0.450 e. The van der Waals surface area contributed by atoms with Crippen LogP contribution in [-0.2, 0) is 4.74 Å². The van der Waals surface area contributed by atoms with Crippen molar-refractivity contribution in [2.45, 2.75) is 32.7 Å². The number of amides is 2. The number of piperidine rings is 1. The maximum absolute atomic E-state index is 11.9. The smallest absolute Gasteiger partial charge is 0.409 e. The Morgan fingerprint density at radius 3 is 2.75 bits per heavy atom. The molecule has 2 heterocycles. The molecule has 1 saturated heterocycles. The van der Waals surface area contributed by atoms with Crippen LogP contribution >= 0.6 is 0 Å². The topological polar surface area (TPSA) is 84.7 Å². The second-order valence-electron chi connectivity index (χ2n) is 4.68. The van der Waals surface area contributed by atoms with Crippen LogP contribution in [0.3, 0.4) is 0 Å². The Morgan fingerprint density at radius 1 is 1.50 bits per heavy atom. The van der Waals surface area contributed by atoms with Gasteiger partial charge in [0, 0.05) is 26.1 Å². The molecule has 0 aliphatic carbocycles. The summed E-state index contributed by atoms with van der Waals surface area (Å²) in [4.78, 5) is 29.0. The molecule has 1 aliphatic heterocycles. The highest BCUT2D eigenvalue weighted by Crippen LogP contribution is 2.12. The highest BCUT2D eigenvalue weighted by molar-refractivity contribution is 5.91. The van der Waals surface area contributed by atoms with Crippen molar-refractivity contribution >= 4 is 12.0 Å². The number of likely N-dealkylation sites (tertiary alicyclic amines) is 1. The molecule has 0 unspecified atom stereocenters. The van der Waals surface area contributed by atoms with Gasteiger partial charge in [-0.3, -0.25) is 4.79 Å². The van der Waals surface area contributed by atoms with Crippen LogP contribution in [0.1, 0.15) is 36.2 Å². The summed E-state index contributed by atoms with van der Waals surface area (Å²) < 4.78 is 10.1. The number of carbonyl (C=O) groups is 2. The molecule has 7 nitrogen and oxygen atoms in total. The molecule has 0 radical (unpaired) electrons. The van der Waals surface area contributed by atoms with E-state index in [9.17, 15) is 9.59 Å². The molecule has 1 aromatic rings. The lowest BCUT2D eigenvalue weighted by Crippen LogP contribution is -2.46. The van der Waals surface area contributed by atoms with E-state index in [1.54, 1.807) is 18.7 Å². The van der Waals surface area contributed by atoms with Gasteiger partial charge in [0.05, 0.1) is 12.8 Å². The van der Waals surface area contributed by atoms with Gasteiger partial charge < -0.3 is 19.4 Å². The number of rotatable bonds is 3. The SMILES string of the molecule is CCOC(=O)N1CCC(NC(=O)c2cnc(C)o2)CC1. The van der Waals surface area contributed by atoms with Crippen molar-refractivity contribution in [2.24, 2.45) is 0 Å². The number of ether oxygens (including phenoxy) is 1. The Morgan fingerprint density at radius 2 is 2.20 bits per heavy atom. The number of aromatic nitrogens is 1. The quantitative estimate of drug-likeness (QED) is 0.903. The van der Waals surface area contributed by atoms with E-state index in [0.29, 0.717) is 38.4 Å². The van der Waals surface area contributed by atoms with Crippen molar-refractivity contribution in [3.8, 4) is 0 Å². The number of hydrogen-bond donors (Lipinski definition) is 1. The summed E-state index contributed by atoms with van der Waals surface area (Å²) >= 11 is 0. The van der Waals surface area contributed by atoms with Crippen molar-refractivity contribution < 1.29 is 18.7 Å². The monoisotopic (exact) mass is 281 g/mol. The normalized spacial score (nSPS) is 16.0. The zero-order chi connectivity index (χ0) is 14.5. The average molecular weight is 281 g/mol. The van der Waals surface area contributed by atoms with Crippen molar-refractivity contribution in [2.75, 3.05) is 19.7 Å². The third-order valence-corrected chi connectivity index (χ3v) is 3.20. The van der Waals surface area contributed by atoms with Gasteiger partial charge in [-0.15, -0.1) is 0 Å². The molecule has 7 heteroatoms. The van der Waals surface area contributed by atoms with E-state index in [2.05, 4.69) is 10.3 Å². The molecule has 0 aromatic carbocycles. The van der Waals surface area contributed by atoms with Crippen LogP contribution in [0.15, 0.2) is 10.6 Å². The lowest BCUT2D eigenvalue weighted by molar-refractivity contribution is 0.0839. The molecule has 1 N–H and O–H groups in total. The molecular weight excluding hydrogens is 262 g/mol. The molecule has 0 atom stereocenters. The van der Waals surface area contributed by atoms with Gasteiger partial charge in [0.2, 0.25) is 5.76 Å². The van der Waals surface area contributed by atoms with Gasteiger partial charge in [-0.1, -0.05) is 0 Å². The first-order valence-electron chi connectivity index (χ1n) is 6.75. The summed E-state index contributed by atoms with van der Waals surface area (Å²) in [7, 11) is 0. The lowest BCUT2D eigenvalue weighted by Gasteiger charge is -2.31. The Labute approximate surface area is 117 Å². The summed E-state index contributed by atoms with van der Waals surface area (Å²) in [6, 6.07) is 0.0404. The molecule has 0 saturated carbocycles. The van der Waals surface area contributed by atoms with Crippen LogP contribution in [0.4, 0.5) is 4.79 Å². The van der Waals surface area contributed by atoms with Crippen LogP contribution in [0, 0.1) is 6.92 Å². The Kier molecular flexibility index (Phi) is 4.60. The van der Waals surface area contributed by atoms with E-state index in [-0.39, 0.29) is 23.8 Å². The molecule has 1 fully saturated rings. The predicted octanol–water partition coefficient (Wildman–Crippen LogP) is 1.33. The number of carbonyl (C=O) groups excluding carboxylic acids is 2. The number of oxazole rings is 1. The summed E-state index contributed by atoms with van der Waals surface area (Å²) in [5.41, 5.74) is 0. The van der Waals surface area contributed by atoms with Crippen LogP contribution in [-0.4, -0.2) is 47.6 Å². The van der Waals surface area contributed by atoms with Gasteiger partial charge in [0.15, 0.2) is 5.89 Å². The maximum atomic E-state index is 11.9. The predicted molar refractivity (Wildman–Crippen MR) is 70.3 cm³/mol. The van der Waals surface area contributed by atoms with E-state index >= 15 is 0 Å². The van der Waals surface area contributed by atoms with Gasteiger partial charge in [0.25, 0.3) is 5.91 Å². The van der Waals surface area contributed by atoms with E-state index < -0.39 is 0 Å². The molecule has 110 valence electrons. The fraction of sp³-hybridized carbons (Fsp3) is 0.615. The number of hydrogen-bond acceptors (Lipinski definition) is 5. The molecule has 2 rings (SSSR count). The number of nitrogens with zero attached hydrogens (tertiary/aromatic N) is 2. The highest BCUT2D eigenvalue weighted by Gasteiger charge is 2.25. The molecule has 1 aliphatic rings. The maximum Gasteiger partial charge on any atom is 0.409 e. The summed E-state index contributed by atoms with van der Waals surface area (Å²) in [5, 5.41) is 2.89. The minimum Gasteiger partial charge on any atom is -0.450 e. The van der Waals surface area contributed by atoms with Crippen molar-refractivity contribution in [3.63, 3.8) is 0 Å². The van der Waals surface area contributed by atoms with Gasteiger partial charge >= 0.3 is 6.09 Å². The van der Waals surface area contributed by atoms with Crippen LogP contribution < -0.4 is 5.32 Å². The van der Waals surface area contributed by atoms with Gasteiger partial charge in [-0.25, -0.2) is 9.78 Å². The molecule has 2 amide bonds. The first-order valence-corrected chi connectivity index (χ1v) is 6.75. The van der Waals surface area contributed by atoms with E-state index in [4.69, 9.17) is 9.15 Å². The standard InChI is InChI=1S/C13H19N3O4/c1-3-19-13(18)16-6-4-10(5-7-16)15-12(17)11-8-14-9(2)20-11/h8,10H,3-7H2,1-2H3,(H,15,17). The Balaban J connectivity index is 1.80. The van der Waals surface area contributed by atoms with Gasteiger partial charge in [-0.05, 0) is 19.8 Å². The van der Waals surface area contributed by atoms with E-state index in [1.807, 2.05) is 0 Å². The zero-order valence-electron chi connectivity index (χ0n) is 11.7. The first kappa shape index (κ1) is 14.4. The van der Waals surface area contributed by atoms with Crippen LogP contribution in [0.2, 0.25) is 0 Å². The van der Waals surface area contributed by atoms with Crippen molar-refractivity contribution in [3.05, 3.63) is 17.8 Å².